The summed E-state index contributed by atoms with van der Waals surface area (Å²) >= 11 is 0. The number of carbonyl (C=O) groups excluding carboxylic acids is 1. The van der Waals surface area contributed by atoms with E-state index in [4.69, 9.17) is 0 Å². The summed E-state index contributed by atoms with van der Waals surface area (Å²) in [4.78, 5) is 11.7. The first kappa shape index (κ1) is 14.8. The summed E-state index contributed by atoms with van der Waals surface area (Å²) in [5.74, 6) is -1.77. The van der Waals surface area contributed by atoms with Gasteiger partial charge >= 0.3 is 0 Å². The number of sulfonamides is 1. The SMILES string of the molecule is CC(CS(=O)(=O)Nc1cccc(F)c1)C(=O)NC1CC1. The van der Waals surface area contributed by atoms with Crippen molar-refractivity contribution >= 4 is 21.6 Å². The second kappa shape index (κ2) is 5.78. The Kier molecular flexibility index (Phi) is 4.27. The number of carbonyl (C=O) groups is 1. The van der Waals surface area contributed by atoms with Gasteiger partial charge in [0.05, 0.1) is 17.4 Å². The second-order valence-electron chi connectivity index (χ2n) is 5.08. The summed E-state index contributed by atoms with van der Waals surface area (Å²) in [5.41, 5.74) is 0.153. The van der Waals surface area contributed by atoms with Crippen LogP contribution in [0.4, 0.5) is 10.1 Å². The molecule has 1 saturated carbocycles. The molecule has 5 nitrogen and oxygen atoms in total. The van der Waals surface area contributed by atoms with Gasteiger partial charge in [0.2, 0.25) is 15.9 Å². The minimum atomic E-state index is -3.69. The quantitative estimate of drug-likeness (QED) is 0.835. The molecule has 2 rings (SSSR count). The Bertz CT molecular complexity index is 599. The number of hydrogen-bond acceptors (Lipinski definition) is 3. The molecule has 20 heavy (non-hydrogen) atoms. The molecule has 0 saturated heterocycles. The lowest BCUT2D eigenvalue weighted by Gasteiger charge is -2.13. The van der Waals surface area contributed by atoms with E-state index in [0.717, 1.165) is 18.9 Å². The molecule has 0 aromatic heterocycles. The summed E-state index contributed by atoms with van der Waals surface area (Å²) in [6.07, 6.45) is 1.90. The molecule has 1 amide bonds. The number of rotatable bonds is 6. The molecule has 0 aliphatic heterocycles. The van der Waals surface area contributed by atoms with E-state index in [9.17, 15) is 17.6 Å². The molecule has 7 heteroatoms. The zero-order valence-electron chi connectivity index (χ0n) is 11.1. The van der Waals surface area contributed by atoms with Crippen molar-refractivity contribution in [3.05, 3.63) is 30.1 Å². The zero-order chi connectivity index (χ0) is 14.8. The highest BCUT2D eigenvalue weighted by atomic mass is 32.2. The van der Waals surface area contributed by atoms with Crippen LogP contribution in [0.3, 0.4) is 0 Å². The van der Waals surface area contributed by atoms with Crippen LogP contribution >= 0.6 is 0 Å². The maximum Gasteiger partial charge on any atom is 0.233 e. The van der Waals surface area contributed by atoms with E-state index >= 15 is 0 Å². The van der Waals surface area contributed by atoms with Crippen LogP contribution in [0, 0.1) is 11.7 Å². The standard InChI is InChI=1S/C13H17FN2O3S/c1-9(13(17)15-11-5-6-11)8-20(18,19)16-12-4-2-3-10(14)7-12/h2-4,7,9,11,16H,5-6,8H2,1H3,(H,15,17). The lowest BCUT2D eigenvalue weighted by Crippen LogP contribution is -2.35. The molecule has 0 bridgehead atoms. The van der Waals surface area contributed by atoms with E-state index in [-0.39, 0.29) is 23.4 Å². The van der Waals surface area contributed by atoms with Gasteiger partial charge < -0.3 is 5.32 Å². The van der Waals surface area contributed by atoms with Crippen molar-refractivity contribution < 1.29 is 17.6 Å². The van der Waals surface area contributed by atoms with Crippen molar-refractivity contribution in [3.63, 3.8) is 0 Å². The topological polar surface area (TPSA) is 75.3 Å². The Hall–Kier alpha value is -1.63. The van der Waals surface area contributed by atoms with Crippen molar-refractivity contribution in [2.75, 3.05) is 10.5 Å². The number of anilines is 1. The third-order valence-electron chi connectivity index (χ3n) is 2.94. The summed E-state index contributed by atoms with van der Waals surface area (Å²) in [6, 6.07) is 5.38. The van der Waals surface area contributed by atoms with Crippen LogP contribution in [-0.4, -0.2) is 26.1 Å². The van der Waals surface area contributed by atoms with Crippen molar-refractivity contribution in [1.82, 2.24) is 5.32 Å². The van der Waals surface area contributed by atoms with Gasteiger partial charge in [-0.3, -0.25) is 9.52 Å². The summed E-state index contributed by atoms with van der Waals surface area (Å²) < 4.78 is 39.1. The van der Waals surface area contributed by atoms with E-state index < -0.39 is 21.8 Å². The molecule has 1 unspecified atom stereocenters. The van der Waals surface area contributed by atoms with Gasteiger partial charge in [-0.15, -0.1) is 0 Å². The maximum atomic E-state index is 13.0. The van der Waals surface area contributed by atoms with Crippen LogP contribution in [0.2, 0.25) is 0 Å². The first-order chi connectivity index (χ1) is 9.35. The minimum absolute atomic E-state index is 0.153. The van der Waals surface area contributed by atoms with Gasteiger partial charge in [-0.05, 0) is 31.0 Å². The van der Waals surface area contributed by atoms with Crippen LogP contribution in [0.15, 0.2) is 24.3 Å². The van der Waals surface area contributed by atoms with Gasteiger partial charge in [0, 0.05) is 6.04 Å². The summed E-state index contributed by atoms with van der Waals surface area (Å²) in [5, 5.41) is 2.76. The van der Waals surface area contributed by atoms with Gasteiger partial charge in [0.1, 0.15) is 5.82 Å². The molecule has 0 radical (unpaired) electrons. The highest BCUT2D eigenvalue weighted by Crippen LogP contribution is 2.19. The first-order valence-electron chi connectivity index (χ1n) is 6.42. The molecule has 1 aromatic carbocycles. The molecule has 1 aliphatic rings. The van der Waals surface area contributed by atoms with Crippen LogP contribution in [0.1, 0.15) is 19.8 Å². The molecule has 0 spiro atoms. The third-order valence-corrected chi connectivity index (χ3v) is 4.42. The number of benzene rings is 1. The number of hydrogen-bond donors (Lipinski definition) is 2. The largest absolute Gasteiger partial charge is 0.353 e. The normalized spacial score (nSPS) is 16.5. The second-order valence-corrected chi connectivity index (χ2v) is 6.84. The average Bonchev–Trinajstić information content (AvgIpc) is 3.11. The van der Waals surface area contributed by atoms with E-state index in [1.54, 1.807) is 6.92 Å². The Morgan fingerprint density at radius 1 is 1.45 bits per heavy atom. The summed E-state index contributed by atoms with van der Waals surface area (Å²) in [6.45, 7) is 1.56. The predicted octanol–water partition coefficient (Wildman–Crippen LogP) is 1.48. The van der Waals surface area contributed by atoms with Crippen molar-refractivity contribution in [1.29, 1.82) is 0 Å². The molecular formula is C13H17FN2O3S. The highest BCUT2D eigenvalue weighted by Gasteiger charge is 2.28. The third kappa shape index (κ3) is 4.48. The van der Waals surface area contributed by atoms with Gasteiger partial charge in [0.25, 0.3) is 0 Å². The Morgan fingerprint density at radius 3 is 2.75 bits per heavy atom. The van der Waals surface area contributed by atoms with Gasteiger partial charge in [-0.25, -0.2) is 12.8 Å². The van der Waals surface area contributed by atoms with Crippen molar-refractivity contribution in [2.45, 2.75) is 25.8 Å². The van der Waals surface area contributed by atoms with Crippen molar-refractivity contribution in [2.24, 2.45) is 5.92 Å². The Morgan fingerprint density at radius 2 is 2.15 bits per heavy atom. The number of halogens is 1. The molecule has 1 atom stereocenters. The molecule has 1 aliphatic carbocycles. The van der Waals surface area contributed by atoms with Gasteiger partial charge in [-0.1, -0.05) is 13.0 Å². The monoisotopic (exact) mass is 300 g/mol. The van der Waals surface area contributed by atoms with Crippen LogP contribution in [-0.2, 0) is 14.8 Å². The number of amides is 1. The van der Waals surface area contributed by atoms with E-state index in [0.29, 0.717) is 0 Å². The summed E-state index contributed by atoms with van der Waals surface area (Å²) in [7, 11) is -3.69. The van der Waals surface area contributed by atoms with Crippen LogP contribution in [0.25, 0.3) is 0 Å². The van der Waals surface area contributed by atoms with Crippen LogP contribution in [0.5, 0.6) is 0 Å². The molecule has 1 fully saturated rings. The molecular weight excluding hydrogens is 283 g/mol. The minimum Gasteiger partial charge on any atom is -0.353 e. The van der Waals surface area contributed by atoms with Crippen LogP contribution < -0.4 is 10.0 Å². The fourth-order valence-corrected chi connectivity index (χ4v) is 3.13. The van der Waals surface area contributed by atoms with E-state index in [1.165, 1.54) is 18.2 Å². The van der Waals surface area contributed by atoms with E-state index in [1.807, 2.05) is 0 Å². The molecule has 0 heterocycles. The lowest BCUT2D eigenvalue weighted by molar-refractivity contribution is -0.124. The average molecular weight is 300 g/mol. The molecule has 1 aromatic rings. The first-order valence-corrected chi connectivity index (χ1v) is 8.07. The lowest BCUT2D eigenvalue weighted by atomic mass is 10.2. The Balaban J connectivity index is 1.94. The van der Waals surface area contributed by atoms with Crippen molar-refractivity contribution in [3.8, 4) is 0 Å². The van der Waals surface area contributed by atoms with Gasteiger partial charge in [-0.2, -0.15) is 0 Å². The predicted molar refractivity (Wildman–Crippen MR) is 74.1 cm³/mol. The number of nitrogens with one attached hydrogen (secondary N) is 2. The smallest absolute Gasteiger partial charge is 0.233 e. The fourth-order valence-electron chi connectivity index (χ4n) is 1.75. The maximum absolute atomic E-state index is 13.0. The highest BCUT2D eigenvalue weighted by molar-refractivity contribution is 7.92. The molecule has 110 valence electrons. The fraction of sp³-hybridized carbons (Fsp3) is 0.462. The van der Waals surface area contributed by atoms with Gasteiger partial charge in [0.15, 0.2) is 0 Å². The Labute approximate surface area is 117 Å². The van der Waals surface area contributed by atoms with E-state index in [2.05, 4.69) is 10.0 Å². The molecule has 2 N–H and O–H groups in total. The zero-order valence-corrected chi connectivity index (χ0v) is 11.9.